The molecule has 0 bridgehead atoms. The van der Waals surface area contributed by atoms with Crippen LogP contribution in [-0.2, 0) is 6.54 Å². The van der Waals surface area contributed by atoms with Crippen LogP contribution in [0.5, 0.6) is 0 Å². The first-order valence-electron chi connectivity index (χ1n) is 6.37. The van der Waals surface area contributed by atoms with Crippen molar-refractivity contribution >= 4 is 11.6 Å². The fraction of sp³-hybridized carbons (Fsp3) is 0.571. The summed E-state index contributed by atoms with van der Waals surface area (Å²) in [6, 6.07) is 5.26. The number of halogens is 2. The number of rotatable bonds is 7. The molecule has 0 fully saturated rings. The van der Waals surface area contributed by atoms with Crippen LogP contribution in [-0.4, -0.2) is 19.1 Å². The third-order valence-electron chi connectivity index (χ3n) is 2.64. The first kappa shape index (κ1) is 15.4. The Labute approximate surface area is 114 Å². The Morgan fingerprint density at radius 1 is 1.22 bits per heavy atom. The van der Waals surface area contributed by atoms with Crippen LogP contribution < -0.4 is 10.6 Å². The molecule has 0 radical (unpaired) electrons. The van der Waals surface area contributed by atoms with Gasteiger partial charge in [-0.25, -0.2) is 4.39 Å². The van der Waals surface area contributed by atoms with Gasteiger partial charge < -0.3 is 10.6 Å². The van der Waals surface area contributed by atoms with Gasteiger partial charge in [0.2, 0.25) is 0 Å². The van der Waals surface area contributed by atoms with Crippen molar-refractivity contribution in [2.24, 2.45) is 5.92 Å². The largest absolute Gasteiger partial charge is 0.315 e. The molecule has 18 heavy (non-hydrogen) atoms. The molecular weight excluding hydrogens is 251 g/mol. The Balaban J connectivity index is 2.29. The molecule has 0 amide bonds. The molecule has 1 atom stereocenters. The van der Waals surface area contributed by atoms with E-state index in [0.29, 0.717) is 18.5 Å². The van der Waals surface area contributed by atoms with Crippen LogP contribution in [0.3, 0.4) is 0 Å². The van der Waals surface area contributed by atoms with E-state index in [-0.39, 0.29) is 10.8 Å². The molecule has 102 valence electrons. The molecule has 1 aromatic carbocycles. The molecule has 2 nitrogen and oxygen atoms in total. The first-order valence-corrected chi connectivity index (χ1v) is 6.75. The summed E-state index contributed by atoms with van der Waals surface area (Å²) >= 11 is 5.64. The van der Waals surface area contributed by atoms with Gasteiger partial charge in [0.15, 0.2) is 0 Å². The molecule has 0 aromatic heterocycles. The predicted molar refractivity (Wildman–Crippen MR) is 75.4 cm³/mol. The van der Waals surface area contributed by atoms with Crippen LogP contribution in [0.2, 0.25) is 5.02 Å². The van der Waals surface area contributed by atoms with E-state index in [2.05, 4.69) is 31.4 Å². The molecule has 1 rings (SSSR count). The zero-order valence-corrected chi connectivity index (χ0v) is 12.0. The van der Waals surface area contributed by atoms with Gasteiger partial charge in [-0.05, 0) is 37.1 Å². The average Bonchev–Trinajstić information content (AvgIpc) is 2.30. The fourth-order valence-corrected chi connectivity index (χ4v) is 1.72. The van der Waals surface area contributed by atoms with Crippen molar-refractivity contribution in [3.8, 4) is 0 Å². The van der Waals surface area contributed by atoms with E-state index in [9.17, 15) is 4.39 Å². The van der Waals surface area contributed by atoms with E-state index in [1.165, 1.54) is 6.07 Å². The second-order valence-electron chi connectivity index (χ2n) is 5.08. The van der Waals surface area contributed by atoms with Crippen LogP contribution >= 0.6 is 11.6 Å². The lowest BCUT2D eigenvalue weighted by atomic mass is 10.2. The van der Waals surface area contributed by atoms with Crippen molar-refractivity contribution in [3.05, 3.63) is 34.6 Å². The van der Waals surface area contributed by atoms with Gasteiger partial charge in [-0.2, -0.15) is 0 Å². The number of nitrogens with one attached hydrogen (secondary N) is 2. The molecule has 0 saturated carbocycles. The minimum Gasteiger partial charge on any atom is -0.315 e. The Bertz CT molecular complexity index is 369. The van der Waals surface area contributed by atoms with Crippen LogP contribution in [0.15, 0.2) is 18.2 Å². The summed E-state index contributed by atoms with van der Waals surface area (Å²) in [7, 11) is 0. The normalized spacial score (nSPS) is 13.0. The Morgan fingerprint density at radius 2 is 1.94 bits per heavy atom. The fourth-order valence-electron chi connectivity index (χ4n) is 1.60. The highest BCUT2D eigenvalue weighted by atomic mass is 35.5. The number of benzene rings is 1. The van der Waals surface area contributed by atoms with Crippen LogP contribution in [0, 0.1) is 11.7 Å². The van der Waals surface area contributed by atoms with Gasteiger partial charge in [0.05, 0.1) is 5.02 Å². The standard InChI is InChI=1S/C14H22ClFN2/c1-10(2)7-17-8-11(3)18-9-12-4-5-13(15)14(16)6-12/h4-6,10-11,17-18H,7-9H2,1-3H3. The maximum absolute atomic E-state index is 13.2. The lowest BCUT2D eigenvalue weighted by Gasteiger charge is -2.16. The van der Waals surface area contributed by atoms with Crippen LogP contribution in [0.25, 0.3) is 0 Å². The van der Waals surface area contributed by atoms with Gasteiger partial charge in [-0.15, -0.1) is 0 Å². The summed E-state index contributed by atoms with van der Waals surface area (Å²) in [4.78, 5) is 0. The highest BCUT2D eigenvalue weighted by molar-refractivity contribution is 6.30. The van der Waals surface area contributed by atoms with E-state index >= 15 is 0 Å². The first-order chi connectivity index (χ1) is 8.49. The average molecular weight is 273 g/mol. The van der Waals surface area contributed by atoms with E-state index < -0.39 is 0 Å². The Kier molecular flexibility index (Phi) is 6.61. The summed E-state index contributed by atoms with van der Waals surface area (Å²) < 4.78 is 13.2. The summed E-state index contributed by atoms with van der Waals surface area (Å²) in [5, 5.41) is 6.90. The summed E-state index contributed by atoms with van der Waals surface area (Å²) in [5.74, 6) is 0.295. The topological polar surface area (TPSA) is 24.1 Å². The van der Waals surface area contributed by atoms with Crippen molar-refractivity contribution in [1.29, 1.82) is 0 Å². The minimum absolute atomic E-state index is 0.172. The van der Waals surface area contributed by atoms with E-state index in [4.69, 9.17) is 11.6 Å². The molecule has 0 aliphatic heterocycles. The van der Waals surface area contributed by atoms with Gasteiger partial charge in [-0.3, -0.25) is 0 Å². The van der Waals surface area contributed by atoms with Crippen molar-refractivity contribution in [2.45, 2.75) is 33.4 Å². The highest BCUT2D eigenvalue weighted by Crippen LogP contribution is 2.15. The smallest absolute Gasteiger partial charge is 0.142 e. The molecule has 0 aliphatic rings. The lowest BCUT2D eigenvalue weighted by Crippen LogP contribution is -2.37. The summed E-state index contributed by atoms with van der Waals surface area (Å²) in [5.41, 5.74) is 0.910. The molecule has 0 aliphatic carbocycles. The van der Waals surface area contributed by atoms with Gasteiger partial charge in [0.1, 0.15) is 5.82 Å². The Hall–Kier alpha value is -0.640. The molecular formula is C14H22ClFN2. The lowest BCUT2D eigenvalue weighted by molar-refractivity contribution is 0.471. The molecule has 1 aromatic rings. The van der Waals surface area contributed by atoms with Crippen molar-refractivity contribution in [1.82, 2.24) is 10.6 Å². The molecule has 1 unspecified atom stereocenters. The van der Waals surface area contributed by atoms with Gasteiger partial charge in [0.25, 0.3) is 0 Å². The van der Waals surface area contributed by atoms with E-state index in [1.807, 2.05) is 6.07 Å². The summed E-state index contributed by atoms with van der Waals surface area (Å²) in [6.07, 6.45) is 0. The SMILES string of the molecule is CC(C)CNCC(C)NCc1ccc(Cl)c(F)c1. The molecule has 4 heteroatoms. The number of hydrogen-bond acceptors (Lipinski definition) is 2. The molecule has 0 heterocycles. The number of hydrogen-bond donors (Lipinski definition) is 2. The maximum atomic E-state index is 13.2. The van der Waals surface area contributed by atoms with Crippen LogP contribution in [0.4, 0.5) is 4.39 Å². The summed E-state index contributed by atoms with van der Waals surface area (Å²) in [6.45, 7) is 9.05. The molecule has 2 N–H and O–H groups in total. The molecule has 0 saturated heterocycles. The zero-order chi connectivity index (χ0) is 13.5. The van der Waals surface area contributed by atoms with Gasteiger partial charge in [-0.1, -0.05) is 31.5 Å². The van der Waals surface area contributed by atoms with Crippen molar-refractivity contribution in [3.63, 3.8) is 0 Å². The van der Waals surface area contributed by atoms with E-state index in [1.54, 1.807) is 6.07 Å². The maximum Gasteiger partial charge on any atom is 0.142 e. The second-order valence-corrected chi connectivity index (χ2v) is 5.49. The molecule has 0 spiro atoms. The van der Waals surface area contributed by atoms with Crippen LogP contribution in [0.1, 0.15) is 26.3 Å². The van der Waals surface area contributed by atoms with Crippen molar-refractivity contribution < 1.29 is 4.39 Å². The van der Waals surface area contributed by atoms with Gasteiger partial charge in [0, 0.05) is 19.1 Å². The Morgan fingerprint density at radius 3 is 2.56 bits per heavy atom. The van der Waals surface area contributed by atoms with Crippen molar-refractivity contribution in [2.75, 3.05) is 13.1 Å². The zero-order valence-electron chi connectivity index (χ0n) is 11.3. The highest BCUT2D eigenvalue weighted by Gasteiger charge is 2.04. The quantitative estimate of drug-likeness (QED) is 0.797. The van der Waals surface area contributed by atoms with E-state index in [0.717, 1.165) is 18.7 Å². The minimum atomic E-state index is -0.360. The predicted octanol–water partition coefficient (Wildman–Crippen LogP) is 3.20. The third kappa shape index (κ3) is 5.80. The third-order valence-corrected chi connectivity index (χ3v) is 2.95. The van der Waals surface area contributed by atoms with Gasteiger partial charge >= 0.3 is 0 Å². The monoisotopic (exact) mass is 272 g/mol. The second kappa shape index (κ2) is 7.72.